The molecule has 12 heavy (non-hydrogen) atoms. The second-order valence-electron chi connectivity index (χ2n) is 2.22. The minimum atomic E-state index is -1.07. The number of carbonyl (C=O) groups is 1. The number of hydrogen-bond acceptors (Lipinski definition) is 5. The van der Waals surface area contributed by atoms with Crippen molar-refractivity contribution in [2.24, 2.45) is 0 Å². The van der Waals surface area contributed by atoms with E-state index in [1.165, 1.54) is 21.3 Å². The molecule has 0 radical (unpaired) electrons. The monoisotopic (exact) mass is 178 g/mol. The molecule has 0 aliphatic carbocycles. The molecule has 0 aromatic rings. The summed E-state index contributed by atoms with van der Waals surface area (Å²) < 4.78 is 19.3. The summed E-state index contributed by atoms with van der Waals surface area (Å²) in [6.45, 7) is 1.88. The molecular weight excluding hydrogens is 164 g/mol. The molecule has 5 nitrogen and oxygen atoms in total. The average molecular weight is 178 g/mol. The molecule has 1 unspecified atom stereocenters. The van der Waals surface area contributed by atoms with Crippen molar-refractivity contribution < 1.29 is 23.7 Å². The molecular formula is C7H14O5. The van der Waals surface area contributed by atoms with E-state index < -0.39 is 12.1 Å². The number of hydrogen-bond donors (Lipinski definition) is 0. The molecule has 0 aromatic carbocycles. The minimum absolute atomic E-state index is 0.282. The van der Waals surface area contributed by atoms with Gasteiger partial charge in [0.1, 0.15) is 0 Å². The molecule has 1 atom stereocenters. The van der Waals surface area contributed by atoms with Crippen molar-refractivity contribution in [3.8, 4) is 0 Å². The van der Waals surface area contributed by atoms with Crippen LogP contribution in [0.1, 0.15) is 6.92 Å². The van der Waals surface area contributed by atoms with Gasteiger partial charge in [0.2, 0.25) is 5.79 Å². The van der Waals surface area contributed by atoms with E-state index in [-0.39, 0.29) is 6.47 Å². The van der Waals surface area contributed by atoms with Crippen LogP contribution in [0.15, 0.2) is 0 Å². The number of carbonyl (C=O) groups excluding carboxylic acids is 1. The second kappa shape index (κ2) is 5.08. The number of rotatable bonds is 6. The molecule has 0 heterocycles. The van der Waals surface area contributed by atoms with Crippen LogP contribution < -0.4 is 0 Å². The summed E-state index contributed by atoms with van der Waals surface area (Å²) in [5.74, 6) is -1.07. The summed E-state index contributed by atoms with van der Waals surface area (Å²) in [5, 5.41) is 0. The van der Waals surface area contributed by atoms with E-state index in [9.17, 15) is 4.79 Å². The Kier molecular flexibility index (Phi) is 4.80. The fourth-order valence-electron chi connectivity index (χ4n) is 0.719. The third-order valence-electron chi connectivity index (χ3n) is 1.63. The Morgan fingerprint density at radius 3 is 2.00 bits per heavy atom. The van der Waals surface area contributed by atoms with E-state index in [0.717, 1.165) is 0 Å². The predicted molar refractivity (Wildman–Crippen MR) is 40.4 cm³/mol. The summed E-state index contributed by atoms with van der Waals surface area (Å²) in [6.07, 6.45) is -0.870. The molecule has 0 aromatic heterocycles. The Morgan fingerprint density at radius 2 is 1.75 bits per heavy atom. The zero-order chi connectivity index (χ0) is 9.61. The molecule has 0 aliphatic rings. The van der Waals surface area contributed by atoms with Crippen molar-refractivity contribution >= 4 is 6.47 Å². The number of methoxy groups -OCH3 is 3. The van der Waals surface area contributed by atoms with E-state index in [4.69, 9.17) is 14.2 Å². The molecule has 72 valence electrons. The SMILES string of the molecule is COC(OC=O)C(C)(OC)OC. The quantitative estimate of drug-likeness (QED) is 0.428. The van der Waals surface area contributed by atoms with E-state index in [2.05, 4.69) is 4.74 Å². The van der Waals surface area contributed by atoms with E-state index in [0.29, 0.717) is 0 Å². The molecule has 0 saturated heterocycles. The maximum Gasteiger partial charge on any atom is 0.295 e. The minimum Gasteiger partial charge on any atom is -0.432 e. The third kappa shape index (κ3) is 2.44. The average Bonchev–Trinajstić information content (AvgIpc) is 2.13. The van der Waals surface area contributed by atoms with Crippen molar-refractivity contribution in [1.29, 1.82) is 0 Å². The first-order valence-corrected chi connectivity index (χ1v) is 3.36. The van der Waals surface area contributed by atoms with Crippen LogP contribution in [-0.4, -0.2) is 39.9 Å². The largest absolute Gasteiger partial charge is 0.432 e. The highest BCUT2D eigenvalue weighted by Crippen LogP contribution is 2.18. The Labute approximate surface area is 71.5 Å². The second-order valence-corrected chi connectivity index (χ2v) is 2.22. The Hall–Kier alpha value is -0.650. The third-order valence-corrected chi connectivity index (χ3v) is 1.63. The molecule has 5 heteroatoms. The zero-order valence-corrected chi connectivity index (χ0v) is 7.70. The van der Waals surface area contributed by atoms with Crippen LogP contribution in [-0.2, 0) is 23.7 Å². The van der Waals surface area contributed by atoms with Gasteiger partial charge in [0, 0.05) is 21.3 Å². The summed E-state index contributed by atoms with van der Waals surface area (Å²) >= 11 is 0. The maximum atomic E-state index is 10.0. The predicted octanol–water partition coefficient (Wildman–Crippen LogP) is 0.141. The highest BCUT2D eigenvalue weighted by atomic mass is 16.8. The lowest BCUT2D eigenvalue weighted by Crippen LogP contribution is -2.45. The highest BCUT2D eigenvalue weighted by molar-refractivity contribution is 5.37. The highest BCUT2D eigenvalue weighted by Gasteiger charge is 2.36. The Bertz CT molecular complexity index is 132. The molecule has 0 amide bonds. The molecule has 0 fully saturated rings. The Morgan fingerprint density at radius 1 is 1.25 bits per heavy atom. The van der Waals surface area contributed by atoms with Crippen molar-refractivity contribution in [2.45, 2.75) is 19.0 Å². The molecule has 0 rings (SSSR count). The standard InChI is InChI=1S/C7H14O5/c1-7(10-3,11-4)6(9-2)12-5-8/h5-6H,1-4H3. The molecule has 0 spiro atoms. The first kappa shape index (κ1) is 11.4. The normalized spacial score (nSPS) is 14.0. The van der Waals surface area contributed by atoms with E-state index in [1.54, 1.807) is 6.92 Å². The summed E-state index contributed by atoms with van der Waals surface area (Å²) in [5.41, 5.74) is 0. The van der Waals surface area contributed by atoms with Crippen LogP contribution in [0.4, 0.5) is 0 Å². The van der Waals surface area contributed by atoms with Gasteiger partial charge >= 0.3 is 0 Å². The molecule has 0 N–H and O–H groups in total. The van der Waals surface area contributed by atoms with Gasteiger partial charge in [0.25, 0.3) is 12.8 Å². The van der Waals surface area contributed by atoms with Gasteiger partial charge < -0.3 is 18.9 Å². The zero-order valence-electron chi connectivity index (χ0n) is 7.70. The van der Waals surface area contributed by atoms with Gasteiger partial charge in [0.15, 0.2) is 0 Å². The molecule has 0 aliphatic heterocycles. The van der Waals surface area contributed by atoms with Crippen molar-refractivity contribution in [3.63, 3.8) is 0 Å². The first-order chi connectivity index (χ1) is 5.64. The molecule has 0 saturated carbocycles. The fourth-order valence-corrected chi connectivity index (χ4v) is 0.719. The lowest BCUT2D eigenvalue weighted by Gasteiger charge is -2.31. The lowest BCUT2D eigenvalue weighted by atomic mass is 10.3. The summed E-state index contributed by atoms with van der Waals surface area (Å²) in [4.78, 5) is 10.0. The topological polar surface area (TPSA) is 54.0 Å². The summed E-state index contributed by atoms with van der Waals surface area (Å²) in [6, 6.07) is 0. The fraction of sp³-hybridized carbons (Fsp3) is 0.857. The van der Waals surface area contributed by atoms with Gasteiger partial charge in [-0.15, -0.1) is 0 Å². The lowest BCUT2D eigenvalue weighted by molar-refractivity contribution is -0.311. The molecule has 0 bridgehead atoms. The van der Waals surface area contributed by atoms with E-state index in [1.807, 2.05) is 0 Å². The van der Waals surface area contributed by atoms with Crippen LogP contribution in [0, 0.1) is 0 Å². The van der Waals surface area contributed by atoms with Crippen LogP contribution >= 0.6 is 0 Å². The van der Waals surface area contributed by atoms with Crippen LogP contribution in [0.25, 0.3) is 0 Å². The first-order valence-electron chi connectivity index (χ1n) is 3.36. The van der Waals surface area contributed by atoms with Crippen molar-refractivity contribution in [3.05, 3.63) is 0 Å². The van der Waals surface area contributed by atoms with Crippen LogP contribution in [0.5, 0.6) is 0 Å². The van der Waals surface area contributed by atoms with Gasteiger partial charge in [-0.3, -0.25) is 4.79 Å². The Balaban J connectivity index is 4.31. The van der Waals surface area contributed by atoms with Gasteiger partial charge in [-0.05, 0) is 6.92 Å². The maximum absolute atomic E-state index is 10.0. The van der Waals surface area contributed by atoms with Gasteiger partial charge in [-0.1, -0.05) is 0 Å². The van der Waals surface area contributed by atoms with Gasteiger partial charge in [0.05, 0.1) is 0 Å². The van der Waals surface area contributed by atoms with Crippen molar-refractivity contribution in [2.75, 3.05) is 21.3 Å². The van der Waals surface area contributed by atoms with Crippen molar-refractivity contribution in [1.82, 2.24) is 0 Å². The smallest absolute Gasteiger partial charge is 0.295 e. The van der Waals surface area contributed by atoms with Crippen LogP contribution in [0.2, 0.25) is 0 Å². The van der Waals surface area contributed by atoms with Gasteiger partial charge in [-0.2, -0.15) is 0 Å². The number of ether oxygens (including phenoxy) is 4. The van der Waals surface area contributed by atoms with E-state index >= 15 is 0 Å². The van der Waals surface area contributed by atoms with Gasteiger partial charge in [-0.25, -0.2) is 0 Å². The van der Waals surface area contributed by atoms with Crippen LogP contribution in [0.3, 0.4) is 0 Å². The summed E-state index contributed by atoms with van der Waals surface area (Å²) in [7, 11) is 4.26.